The molecule has 0 amide bonds. The smallest absolute Gasteiger partial charge is 0.329 e. The molecule has 0 atom stereocenters. The lowest BCUT2D eigenvalue weighted by Gasteiger charge is -2.05. The van der Waals surface area contributed by atoms with Crippen LogP contribution in [-0.4, -0.2) is 16.9 Å². The Kier molecular flexibility index (Phi) is 3.09. The first-order valence-electron chi connectivity index (χ1n) is 3.69. The number of rotatable bonds is 3. The summed E-state index contributed by atoms with van der Waals surface area (Å²) in [6.45, 7) is 0. The molecule has 0 fully saturated rings. The fraction of sp³-hybridized carbons (Fsp3) is 0.250. The van der Waals surface area contributed by atoms with Crippen LogP contribution in [0, 0.1) is 0 Å². The van der Waals surface area contributed by atoms with Gasteiger partial charge >= 0.3 is 7.60 Å². The highest BCUT2D eigenvalue weighted by Crippen LogP contribution is 2.39. The zero-order valence-corrected chi connectivity index (χ0v) is 8.07. The normalized spacial score (nSPS) is 11.3. The van der Waals surface area contributed by atoms with Crippen LogP contribution in [0.5, 0.6) is 5.75 Å². The molecule has 0 aliphatic rings. The van der Waals surface area contributed by atoms with Gasteiger partial charge in [0.1, 0.15) is 5.75 Å². The average Bonchev–Trinajstić information content (AvgIpc) is 2.01. The van der Waals surface area contributed by atoms with E-state index < -0.39 is 7.60 Å². The Morgan fingerprint density at radius 1 is 1.46 bits per heavy atom. The van der Waals surface area contributed by atoms with Gasteiger partial charge in [-0.3, -0.25) is 4.57 Å². The number of hydrogen-bond acceptors (Lipinski definition) is 2. The van der Waals surface area contributed by atoms with Crippen LogP contribution in [-0.2, 0) is 10.7 Å². The van der Waals surface area contributed by atoms with E-state index in [-0.39, 0.29) is 6.16 Å². The van der Waals surface area contributed by atoms with Gasteiger partial charge in [0.05, 0.1) is 13.3 Å². The molecule has 0 unspecified atom stereocenters. The van der Waals surface area contributed by atoms with Gasteiger partial charge in [0.2, 0.25) is 0 Å². The fourth-order valence-electron chi connectivity index (χ4n) is 1.01. The van der Waals surface area contributed by atoms with Crippen molar-refractivity contribution in [1.82, 2.24) is 0 Å². The highest BCUT2D eigenvalue weighted by molar-refractivity contribution is 7.50. The minimum absolute atomic E-state index is 0.246. The van der Waals surface area contributed by atoms with Crippen molar-refractivity contribution in [3.63, 3.8) is 0 Å². The molecule has 1 aromatic carbocycles. The Balaban J connectivity index is 2.84. The second-order valence-corrected chi connectivity index (χ2v) is 4.32. The summed E-state index contributed by atoms with van der Waals surface area (Å²) in [4.78, 5) is 17.4. The van der Waals surface area contributed by atoms with E-state index in [0.29, 0.717) is 11.3 Å². The van der Waals surface area contributed by atoms with Crippen molar-refractivity contribution in [3.05, 3.63) is 29.8 Å². The quantitative estimate of drug-likeness (QED) is 0.726. The van der Waals surface area contributed by atoms with Crippen molar-refractivity contribution in [3.8, 4) is 5.75 Å². The molecule has 1 aromatic rings. The molecular formula is C8H11O4P. The van der Waals surface area contributed by atoms with E-state index in [2.05, 4.69) is 0 Å². The largest absolute Gasteiger partial charge is 0.497 e. The molecule has 5 heteroatoms. The van der Waals surface area contributed by atoms with E-state index in [1.165, 1.54) is 7.11 Å². The highest BCUT2D eigenvalue weighted by Gasteiger charge is 2.13. The molecule has 1 rings (SSSR count). The molecule has 0 bridgehead atoms. The Morgan fingerprint density at radius 3 is 2.69 bits per heavy atom. The van der Waals surface area contributed by atoms with Crippen molar-refractivity contribution < 1.29 is 19.1 Å². The van der Waals surface area contributed by atoms with Crippen molar-refractivity contribution >= 4 is 7.60 Å². The Hall–Kier alpha value is -0.830. The number of methoxy groups -OCH3 is 1. The number of hydrogen-bond donors (Lipinski definition) is 2. The average molecular weight is 202 g/mol. The lowest BCUT2D eigenvalue weighted by Crippen LogP contribution is -1.88. The van der Waals surface area contributed by atoms with E-state index in [0.717, 1.165) is 0 Å². The Morgan fingerprint density at radius 2 is 2.15 bits per heavy atom. The van der Waals surface area contributed by atoms with Crippen molar-refractivity contribution in [2.45, 2.75) is 6.16 Å². The van der Waals surface area contributed by atoms with Crippen LogP contribution in [0.25, 0.3) is 0 Å². The van der Waals surface area contributed by atoms with Crippen LogP contribution in [0.3, 0.4) is 0 Å². The third-order valence-electron chi connectivity index (χ3n) is 1.52. The predicted octanol–water partition coefficient (Wildman–Crippen LogP) is 1.37. The molecule has 0 saturated carbocycles. The molecule has 0 aliphatic heterocycles. The standard InChI is InChI=1S/C8H11O4P/c1-12-8-4-2-3-7(5-8)6-13(9,10)11/h2-5H,6H2,1H3,(H2,9,10,11). The maximum Gasteiger partial charge on any atom is 0.329 e. The lowest BCUT2D eigenvalue weighted by atomic mass is 10.2. The highest BCUT2D eigenvalue weighted by atomic mass is 31.2. The molecule has 0 aromatic heterocycles. The van der Waals surface area contributed by atoms with Gasteiger partial charge in [-0.2, -0.15) is 0 Å². The first-order valence-corrected chi connectivity index (χ1v) is 5.48. The van der Waals surface area contributed by atoms with Crippen molar-refractivity contribution in [2.24, 2.45) is 0 Å². The van der Waals surface area contributed by atoms with Crippen LogP contribution < -0.4 is 4.74 Å². The third kappa shape index (κ3) is 3.59. The van der Waals surface area contributed by atoms with Gasteiger partial charge in [0.15, 0.2) is 0 Å². The van der Waals surface area contributed by atoms with Crippen LogP contribution in [0.2, 0.25) is 0 Å². The van der Waals surface area contributed by atoms with Gasteiger partial charge in [-0.15, -0.1) is 0 Å². The van der Waals surface area contributed by atoms with Gasteiger partial charge < -0.3 is 14.5 Å². The fourth-order valence-corrected chi connectivity index (χ4v) is 1.68. The van der Waals surface area contributed by atoms with Gasteiger partial charge in [-0.05, 0) is 17.7 Å². The van der Waals surface area contributed by atoms with E-state index in [1.54, 1.807) is 24.3 Å². The zero-order chi connectivity index (χ0) is 9.90. The van der Waals surface area contributed by atoms with Gasteiger partial charge in [0, 0.05) is 0 Å². The number of benzene rings is 1. The second kappa shape index (κ2) is 3.92. The maximum atomic E-state index is 10.7. The summed E-state index contributed by atoms with van der Waals surface area (Å²) in [7, 11) is -2.46. The van der Waals surface area contributed by atoms with Crippen LogP contribution in [0.4, 0.5) is 0 Å². The van der Waals surface area contributed by atoms with Gasteiger partial charge in [0.25, 0.3) is 0 Å². The lowest BCUT2D eigenvalue weighted by molar-refractivity contribution is 0.371. The van der Waals surface area contributed by atoms with Crippen molar-refractivity contribution in [1.29, 1.82) is 0 Å². The van der Waals surface area contributed by atoms with Crippen molar-refractivity contribution in [2.75, 3.05) is 7.11 Å². The Labute approximate surface area is 76.3 Å². The van der Waals surface area contributed by atoms with E-state index >= 15 is 0 Å². The summed E-state index contributed by atoms with van der Waals surface area (Å²) in [5.74, 6) is 0.603. The zero-order valence-electron chi connectivity index (χ0n) is 7.17. The van der Waals surface area contributed by atoms with E-state index in [1.807, 2.05) is 0 Å². The summed E-state index contributed by atoms with van der Waals surface area (Å²) in [5, 5.41) is 0. The predicted molar refractivity (Wildman–Crippen MR) is 48.7 cm³/mol. The van der Waals surface area contributed by atoms with Crippen LogP contribution in [0.1, 0.15) is 5.56 Å². The summed E-state index contributed by atoms with van der Waals surface area (Å²) < 4.78 is 15.6. The van der Waals surface area contributed by atoms with E-state index in [9.17, 15) is 4.57 Å². The molecule has 0 radical (unpaired) electrons. The summed E-state index contributed by atoms with van der Waals surface area (Å²) in [6.07, 6.45) is -0.246. The SMILES string of the molecule is COc1cccc(CP(=O)(O)O)c1. The number of ether oxygens (including phenoxy) is 1. The molecule has 0 aliphatic carbocycles. The molecule has 4 nitrogen and oxygen atoms in total. The summed E-state index contributed by atoms with van der Waals surface area (Å²) >= 11 is 0. The Bertz CT molecular complexity index is 331. The molecule has 2 N–H and O–H groups in total. The molecule has 0 heterocycles. The van der Waals surface area contributed by atoms with Crippen LogP contribution in [0.15, 0.2) is 24.3 Å². The molecule has 0 saturated heterocycles. The van der Waals surface area contributed by atoms with Crippen LogP contribution >= 0.6 is 7.60 Å². The first kappa shape index (κ1) is 10.3. The van der Waals surface area contributed by atoms with Gasteiger partial charge in [-0.1, -0.05) is 12.1 Å². The monoisotopic (exact) mass is 202 g/mol. The summed E-state index contributed by atoms with van der Waals surface area (Å²) in [5.41, 5.74) is 0.577. The first-order chi connectivity index (χ1) is 6.01. The molecule has 0 spiro atoms. The molecule has 13 heavy (non-hydrogen) atoms. The topological polar surface area (TPSA) is 66.8 Å². The minimum Gasteiger partial charge on any atom is -0.497 e. The van der Waals surface area contributed by atoms with E-state index in [4.69, 9.17) is 14.5 Å². The minimum atomic E-state index is -3.97. The maximum absolute atomic E-state index is 10.7. The summed E-state index contributed by atoms with van der Waals surface area (Å²) in [6, 6.07) is 6.69. The second-order valence-electron chi connectivity index (χ2n) is 2.67. The van der Waals surface area contributed by atoms with Gasteiger partial charge in [-0.25, -0.2) is 0 Å². The third-order valence-corrected chi connectivity index (χ3v) is 2.30. The molecule has 72 valence electrons. The molecular weight excluding hydrogens is 191 g/mol.